The number of hydrogen-bond donors (Lipinski definition) is 2. The molecule has 1 aliphatic rings. The Kier molecular flexibility index (Phi) is 5.97. The number of carbonyl (C=O) groups excluding carboxylic acids is 3. The predicted molar refractivity (Wildman–Crippen MR) is 120 cm³/mol. The van der Waals surface area contributed by atoms with E-state index in [0.717, 1.165) is 11.8 Å². The molecule has 0 spiro atoms. The van der Waals surface area contributed by atoms with E-state index in [2.05, 4.69) is 15.6 Å². The molecule has 0 fully saturated rings. The first kappa shape index (κ1) is 21.8. The number of nitrogens with one attached hydrogen (secondary N) is 2. The van der Waals surface area contributed by atoms with Gasteiger partial charge < -0.3 is 10.6 Å². The standard InChI is InChI=1S/C23H15ClN4O5/c24-19-20(22(30)16-4-2-1-3-15(16)21(19)29)26-11-13-5-7-14(8-6-13)23(31)27-17-9-10-25-12-18(17)28(32)33/h1-10,12,26H,11H2,(H,25,27,31). The van der Waals surface area contributed by atoms with Crippen LogP contribution < -0.4 is 10.6 Å². The summed E-state index contributed by atoms with van der Waals surface area (Å²) in [5.74, 6) is -1.32. The number of aromatic nitrogens is 1. The third-order valence-corrected chi connectivity index (χ3v) is 5.35. The van der Waals surface area contributed by atoms with Gasteiger partial charge in [0.05, 0.1) is 4.92 Å². The second-order valence-electron chi connectivity index (χ2n) is 7.05. The lowest BCUT2D eigenvalue weighted by molar-refractivity contribution is -0.384. The van der Waals surface area contributed by atoms with Crippen LogP contribution in [0.2, 0.25) is 0 Å². The van der Waals surface area contributed by atoms with Crippen molar-refractivity contribution in [2.45, 2.75) is 6.54 Å². The molecule has 0 radical (unpaired) electrons. The van der Waals surface area contributed by atoms with Crippen molar-refractivity contribution >= 4 is 40.4 Å². The third kappa shape index (κ3) is 4.35. The van der Waals surface area contributed by atoms with Crippen molar-refractivity contribution in [3.05, 3.63) is 110 Å². The van der Waals surface area contributed by atoms with Gasteiger partial charge in [0.1, 0.15) is 22.6 Å². The van der Waals surface area contributed by atoms with E-state index in [1.807, 2.05) is 0 Å². The lowest BCUT2D eigenvalue weighted by Gasteiger charge is -2.19. The molecule has 3 aromatic rings. The van der Waals surface area contributed by atoms with Crippen molar-refractivity contribution in [2.75, 3.05) is 5.32 Å². The first-order valence-electron chi connectivity index (χ1n) is 9.67. The Balaban J connectivity index is 1.45. The predicted octanol–water partition coefficient (Wildman–Crippen LogP) is 3.86. The van der Waals surface area contributed by atoms with Gasteiger partial charge in [0.2, 0.25) is 11.6 Å². The molecule has 0 bridgehead atoms. The molecule has 1 aliphatic carbocycles. The van der Waals surface area contributed by atoms with Gasteiger partial charge in [-0.15, -0.1) is 0 Å². The van der Waals surface area contributed by atoms with Crippen LogP contribution in [0.4, 0.5) is 11.4 Å². The van der Waals surface area contributed by atoms with Crippen LogP contribution in [0.1, 0.15) is 36.6 Å². The smallest absolute Gasteiger partial charge is 0.310 e. The molecule has 2 aromatic carbocycles. The van der Waals surface area contributed by atoms with Gasteiger partial charge in [0, 0.05) is 29.4 Å². The number of Topliss-reactive ketones (excluding diaryl/α,β-unsaturated/α-hetero) is 2. The van der Waals surface area contributed by atoms with Crippen LogP contribution in [0.3, 0.4) is 0 Å². The van der Waals surface area contributed by atoms with Crippen LogP contribution >= 0.6 is 11.6 Å². The highest BCUT2D eigenvalue weighted by Crippen LogP contribution is 2.27. The summed E-state index contributed by atoms with van der Waals surface area (Å²) in [7, 11) is 0. The molecule has 1 amide bonds. The first-order chi connectivity index (χ1) is 15.9. The van der Waals surface area contributed by atoms with E-state index in [1.165, 1.54) is 12.3 Å². The maximum Gasteiger partial charge on any atom is 0.310 e. The molecule has 0 saturated carbocycles. The van der Waals surface area contributed by atoms with Crippen LogP contribution in [0.25, 0.3) is 0 Å². The number of ketones is 2. The Hall–Kier alpha value is -4.37. The maximum atomic E-state index is 12.7. The van der Waals surface area contributed by atoms with E-state index in [9.17, 15) is 24.5 Å². The summed E-state index contributed by atoms with van der Waals surface area (Å²) in [6.45, 7) is 0.185. The molecule has 33 heavy (non-hydrogen) atoms. The number of carbonyl (C=O) groups is 3. The minimum absolute atomic E-state index is 0.0205. The summed E-state index contributed by atoms with van der Waals surface area (Å²) in [5, 5.41) is 16.3. The Morgan fingerprint density at radius 2 is 1.67 bits per heavy atom. The fourth-order valence-electron chi connectivity index (χ4n) is 3.30. The van der Waals surface area contributed by atoms with Crippen molar-refractivity contribution in [1.29, 1.82) is 0 Å². The second kappa shape index (κ2) is 9.01. The lowest BCUT2D eigenvalue weighted by atomic mass is 9.92. The van der Waals surface area contributed by atoms with Gasteiger partial charge in [-0.25, -0.2) is 0 Å². The highest BCUT2D eigenvalue weighted by Gasteiger charge is 2.31. The fourth-order valence-corrected chi connectivity index (χ4v) is 3.55. The van der Waals surface area contributed by atoms with Gasteiger partial charge in [-0.05, 0) is 23.8 Å². The lowest BCUT2D eigenvalue weighted by Crippen LogP contribution is -2.28. The first-order valence-corrected chi connectivity index (χ1v) is 10.1. The maximum absolute atomic E-state index is 12.7. The van der Waals surface area contributed by atoms with Gasteiger partial charge in [0.15, 0.2) is 0 Å². The van der Waals surface area contributed by atoms with Crippen LogP contribution in [0, 0.1) is 10.1 Å². The number of fused-ring (bicyclic) bond motifs is 1. The van der Waals surface area contributed by atoms with E-state index in [0.29, 0.717) is 0 Å². The van der Waals surface area contributed by atoms with Gasteiger partial charge in [0.25, 0.3) is 5.91 Å². The summed E-state index contributed by atoms with van der Waals surface area (Å²) < 4.78 is 0. The van der Waals surface area contributed by atoms with E-state index in [1.54, 1.807) is 48.5 Å². The number of rotatable bonds is 6. The monoisotopic (exact) mass is 462 g/mol. The summed E-state index contributed by atoms with van der Waals surface area (Å²) in [5.41, 5.74) is 1.29. The van der Waals surface area contributed by atoms with Crippen LogP contribution in [0.5, 0.6) is 0 Å². The number of allylic oxidation sites excluding steroid dienone is 2. The molecule has 0 aliphatic heterocycles. The van der Waals surface area contributed by atoms with Gasteiger partial charge in [-0.2, -0.15) is 0 Å². The highest BCUT2D eigenvalue weighted by atomic mass is 35.5. The molecule has 0 saturated heterocycles. The van der Waals surface area contributed by atoms with Crippen molar-refractivity contribution in [3.8, 4) is 0 Å². The zero-order valence-corrected chi connectivity index (χ0v) is 17.6. The second-order valence-corrected chi connectivity index (χ2v) is 7.43. The quantitative estimate of drug-likeness (QED) is 0.420. The van der Waals surface area contributed by atoms with Crippen molar-refractivity contribution < 1.29 is 19.3 Å². The van der Waals surface area contributed by atoms with Gasteiger partial charge in [-0.1, -0.05) is 48.0 Å². The Labute approximate surface area is 192 Å². The molecular weight excluding hydrogens is 448 g/mol. The molecule has 9 nitrogen and oxygen atoms in total. The highest BCUT2D eigenvalue weighted by molar-refractivity contribution is 6.49. The number of benzene rings is 2. The van der Waals surface area contributed by atoms with Crippen LogP contribution in [-0.2, 0) is 6.54 Å². The number of nitro groups is 1. The molecular formula is C23H15ClN4O5. The van der Waals surface area contributed by atoms with E-state index in [4.69, 9.17) is 11.6 Å². The number of nitrogens with zero attached hydrogens (tertiary/aromatic N) is 2. The Morgan fingerprint density at radius 1 is 1.00 bits per heavy atom. The van der Waals surface area contributed by atoms with E-state index < -0.39 is 16.6 Å². The molecule has 0 atom stereocenters. The topological polar surface area (TPSA) is 131 Å². The summed E-state index contributed by atoms with van der Waals surface area (Å²) in [6, 6.07) is 14.2. The number of amides is 1. The largest absolute Gasteiger partial charge is 0.376 e. The number of halogens is 1. The normalized spacial score (nSPS) is 12.9. The van der Waals surface area contributed by atoms with Crippen LogP contribution in [-0.4, -0.2) is 27.4 Å². The van der Waals surface area contributed by atoms with E-state index in [-0.39, 0.29) is 51.1 Å². The minimum atomic E-state index is -0.632. The molecule has 4 rings (SSSR count). The Bertz CT molecular complexity index is 1330. The van der Waals surface area contributed by atoms with Crippen molar-refractivity contribution in [1.82, 2.24) is 10.3 Å². The van der Waals surface area contributed by atoms with Crippen molar-refractivity contribution in [3.63, 3.8) is 0 Å². The average Bonchev–Trinajstić information content (AvgIpc) is 2.83. The minimum Gasteiger partial charge on any atom is -0.376 e. The average molecular weight is 463 g/mol. The number of anilines is 1. The van der Waals surface area contributed by atoms with Crippen LogP contribution in [0.15, 0.2) is 77.7 Å². The fraction of sp³-hybridized carbons (Fsp3) is 0.0435. The number of hydrogen-bond acceptors (Lipinski definition) is 7. The molecule has 1 heterocycles. The van der Waals surface area contributed by atoms with Crippen molar-refractivity contribution in [2.24, 2.45) is 0 Å². The SMILES string of the molecule is O=C(Nc1ccncc1[N+](=O)[O-])c1ccc(CNC2=C(Cl)C(=O)c3ccccc3C2=O)cc1. The van der Waals surface area contributed by atoms with Gasteiger partial charge >= 0.3 is 5.69 Å². The zero-order chi connectivity index (χ0) is 23.5. The molecule has 0 unspecified atom stereocenters. The van der Waals surface area contributed by atoms with Gasteiger partial charge in [-0.3, -0.25) is 29.5 Å². The molecule has 2 N–H and O–H groups in total. The summed E-state index contributed by atoms with van der Waals surface area (Å²) >= 11 is 6.14. The zero-order valence-electron chi connectivity index (χ0n) is 16.9. The Morgan fingerprint density at radius 3 is 2.33 bits per heavy atom. The van der Waals surface area contributed by atoms with E-state index >= 15 is 0 Å². The molecule has 1 aromatic heterocycles. The molecule has 10 heteroatoms. The molecule has 164 valence electrons. The third-order valence-electron chi connectivity index (χ3n) is 4.99. The number of pyridine rings is 1. The summed E-state index contributed by atoms with van der Waals surface area (Å²) in [6.07, 6.45) is 2.40. The summed E-state index contributed by atoms with van der Waals surface area (Å²) in [4.78, 5) is 51.8.